The third-order valence-electron chi connectivity index (χ3n) is 2.71. The van der Waals surface area contributed by atoms with Crippen LogP contribution in [-0.4, -0.2) is 6.54 Å². The van der Waals surface area contributed by atoms with Crippen LogP contribution < -0.4 is 5.32 Å². The van der Waals surface area contributed by atoms with Gasteiger partial charge in [0.25, 0.3) is 0 Å². The van der Waals surface area contributed by atoms with Crippen LogP contribution in [0.4, 0.5) is 0 Å². The normalized spacial score (nSPS) is 22.2. The van der Waals surface area contributed by atoms with Crippen LogP contribution in [-0.2, 0) is 0 Å². The molecule has 0 aromatic heterocycles. The van der Waals surface area contributed by atoms with Crippen molar-refractivity contribution in [3.05, 3.63) is 34.9 Å². The molecular weight excluding hydrogens is 158 g/mol. The zero-order chi connectivity index (χ0) is 9.26. The molecule has 1 heteroatoms. The van der Waals surface area contributed by atoms with E-state index in [0.717, 1.165) is 0 Å². The van der Waals surface area contributed by atoms with Gasteiger partial charge in [-0.05, 0) is 38.8 Å². The van der Waals surface area contributed by atoms with Crippen molar-refractivity contribution in [3.8, 4) is 0 Å². The Balaban J connectivity index is 2.28. The largest absolute Gasteiger partial charge is 0.310 e. The van der Waals surface area contributed by atoms with Gasteiger partial charge in [0, 0.05) is 6.04 Å². The van der Waals surface area contributed by atoms with Crippen LogP contribution in [0.15, 0.2) is 18.2 Å². The van der Waals surface area contributed by atoms with Gasteiger partial charge in [-0.25, -0.2) is 0 Å². The average molecular weight is 175 g/mol. The maximum absolute atomic E-state index is 3.53. The van der Waals surface area contributed by atoms with E-state index in [0.29, 0.717) is 6.04 Å². The summed E-state index contributed by atoms with van der Waals surface area (Å²) in [5.41, 5.74) is 4.22. The summed E-state index contributed by atoms with van der Waals surface area (Å²) in [4.78, 5) is 0. The molecule has 1 aliphatic heterocycles. The molecule has 0 bridgehead atoms. The first-order chi connectivity index (χ1) is 6.25. The lowest BCUT2D eigenvalue weighted by molar-refractivity contribution is 0.647. The maximum Gasteiger partial charge on any atom is 0.0320 e. The molecule has 0 saturated carbocycles. The van der Waals surface area contributed by atoms with Crippen molar-refractivity contribution in [2.75, 3.05) is 6.54 Å². The lowest BCUT2D eigenvalue weighted by Crippen LogP contribution is -2.12. The van der Waals surface area contributed by atoms with Gasteiger partial charge in [0.15, 0.2) is 0 Å². The fraction of sp³-hybridized carbons (Fsp3) is 0.500. The molecule has 1 nitrogen and oxygen atoms in total. The SMILES string of the molecule is Cc1cc(C)cc(C2CCCN2)c1. The molecule has 1 unspecified atom stereocenters. The highest BCUT2D eigenvalue weighted by molar-refractivity contribution is 5.31. The van der Waals surface area contributed by atoms with Crippen molar-refractivity contribution in [3.63, 3.8) is 0 Å². The van der Waals surface area contributed by atoms with Crippen molar-refractivity contribution < 1.29 is 0 Å². The first-order valence-corrected chi connectivity index (χ1v) is 5.07. The number of nitrogens with one attached hydrogen (secondary N) is 1. The minimum atomic E-state index is 0.610. The number of benzene rings is 1. The van der Waals surface area contributed by atoms with E-state index in [1.807, 2.05) is 0 Å². The van der Waals surface area contributed by atoms with Gasteiger partial charge in [0.2, 0.25) is 0 Å². The second-order valence-electron chi connectivity index (χ2n) is 4.07. The van der Waals surface area contributed by atoms with E-state index < -0.39 is 0 Å². The molecule has 0 amide bonds. The van der Waals surface area contributed by atoms with E-state index in [1.54, 1.807) is 0 Å². The van der Waals surface area contributed by atoms with Crippen molar-refractivity contribution >= 4 is 0 Å². The van der Waals surface area contributed by atoms with E-state index in [-0.39, 0.29) is 0 Å². The van der Waals surface area contributed by atoms with Crippen LogP contribution in [0.1, 0.15) is 35.6 Å². The minimum Gasteiger partial charge on any atom is -0.310 e. The summed E-state index contributed by atoms with van der Waals surface area (Å²) in [5.74, 6) is 0. The fourth-order valence-electron chi connectivity index (χ4n) is 2.18. The molecule has 1 heterocycles. The topological polar surface area (TPSA) is 12.0 Å². The number of rotatable bonds is 1. The third-order valence-corrected chi connectivity index (χ3v) is 2.71. The molecule has 70 valence electrons. The average Bonchev–Trinajstić information content (AvgIpc) is 2.53. The van der Waals surface area contributed by atoms with Crippen molar-refractivity contribution in [2.45, 2.75) is 32.7 Å². The molecule has 13 heavy (non-hydrogen) atoms. The highest BCUT2D eigenvalue weighted by atomic mass is 14.9. The maximum atomic E-state index is 3.53. The molecule has 1 N–H and O–H groups in total. The Bertz CT molecular complexity index is 278. The van der Waals surface area contributed by atoms with Crippen molar-refractivity contribution in [1.82, 2.24) is 5.32 Å². The van der Waals surface area contributed by atoms with Gasteiger partial charge in [-0.15, -0.1) is 0 Å². The monoisotopic (exact) mass is 175 g/mol. The first kappa shape index (κ1) is 8.76. The molecule has 2 rings (SSSR count). The molecule has 1 aliphatic rings. The quantitative estimate of drug-likeness (QED) is 0.692. The molecule has 1 fully saturated rings. The Labute approximate surface area is 80.2 Å². The van der Waals surface area contributed by atoms with Gasteiger partial charge >= 0.3 is 0 Å². The van der Waals surface area contributed by atoms with Gasteiger partial charge in [0.05, 0.1) is 0 Å². The van der Waals surface area contributed by atoms with Crippen molar-refractivity contribution in [2.24, 2.45) is 0 Å². The van der Waals surface area contributed by atoms with Gasteiger partial charge in [-0.2, -0.15) is 0 Å². The number of hydrogen-bond donors (Lipinski definition) is 1. The van der Waals surface area contributed by atoms with Crippen LogP contribution in [0, 0.1) is 13.8 Å². The van der Waals surface area contributed by atoms with Crippen molar-refractivity contribution in [1.29, 1.82) is 0 Å². The second kappa shape index (κ2) is 3.51. The summed E-state index contributed by atoms with van der Waals surface area (Å²) < 4.78 is 0. The summed E-state index contributed by atoms with van der Waals surface area (Å²) in [6.07, 6.45) is 2.61. The highest BCUT2D eigenvalue weighted by Gasteiger charge is 2.15. The molecule has 1 saturated heterocycles. The van der Waals surface area contributed by atoms with Crippen LogP contribution in [0.25, 0.3) is 0 Å². The predicted molar refractivity (Wildman–Crippen MR) is 55.9 cm³/mol. The number of aryl methyl sites for hydroxylation is 2. The Kier molecular flexibility index (Phi) is 2.36. The lowest BCUT2D eigenvalue weighted by atomic mass is 10.0. The van der Waals surface area contributed by atoms with E-state index in [1.165, 1.54) is 36.1 Å². The summed E-state index contributed by atoms with van der Waals surface area (Å²) in [6, 6.07) is 7.45. The molecule has 1 aromatic carbocycles. The summed E-state index contributed by atoms with van der Waals surface area (Å²) in [6.45, 7) is 5.52. The number of hydrogen-bond acceptors (Lipinski definition) is 1. The van der Waals surface area contributed by atoms with E-state index in [9.17, 15) is 0 Å². The predicted octanol–water partition coefficient (Wildman–Crippen LogP) is 2.73. The van der Waals surface area contributed by atoms with Gasteiger partial charge in [-0.3, -0.25) is 0 Å². The Morgan fingerprint density at radius 1 is 1.15 bits per heavy atom. The highest BCUT2D eigenvalue weighted by Crippen LogP contribution is 2.24. The second-order valence-corrected chi connectivity index (χ2v) is 4.07. The van der Waals surface area contributed by atoms with E-state index in [4.69, 9.17) is 0 Å². The fourth-order valence-corrected chi connectivity index (χ4v) is 2.18. The Morgan fingerprint density at radius 2 is 1.85 bits per heavy atom. The standard InChI is InChI=1S/C12H17N/c1-9-6-10(2)8-11(7-9)12-4-3-5-13-12/h6-8,12-13H,3-5H2,1-2H3. The van der Waals surface area contributed by atoms with Crippen LogP contribution >= 0.6 is 0 Å². The van der Waals surface area contributed by atoms with Crippen LogP contribution in [0.2, 0.25) is 0 Å². The van der Waals surface area contributed by atoms with Crippen LogP contribution in [0.3, 0.4) is 0 Å². The Hall–Kier alpha value is -0.820. The molecular formula is C12H17N. The summed E-state index contributed by atoms with van der Waals surface area (Å²) >= 11 is 0. The minimum absolute atomic E-state index is 0.610. The molecule has 0 aliphatic carbocycles. The molecule has 1 atom stereocenters. The zero-order valence-corrected chi connectivity index (χ0v) is 8.43. The first-order valence-electron chi connectivity index (χ1n) is 5.07. The molecule has 0 radical (unpaired) electrons. The van der Waals surface area contributed by atoms with E-state index >= 15 is 0 Å². The van der Waals surface area contributed by atoms with Gasteiger partial charge < -0.3 is 5.32 Å². The third kappa shape index (κ3) is 1.92. The van der Waals surface area contributed by atoms with Gasteiger partial charge in [0.1, 0.15) is 0 Å². The van der Waals surface area contributed by atoms with E-state index in [2.05, 4.69) is 37.4 Å². The lowest BCUT2D eigenvalue weighted by Gasteiger charge is -2.12. The summed E-state index contributed by atoms with van der Waals surface area (Å²) in [7, 11) is 0. The summed E-state index contributed by atoms with van der Waals surface area (Å²) in [5, 5.41) is 3.53. The molecule has 1 aromatic rings. The Morgan fingerprint density at radius 3 is 2.38 bits per heavy atom. The smallest absolute Gasteiger partial charge is 0.0320 e. The zero-order valence-electron chi connectivity index (χ0n) is 8.43. The van der Waals surface area contributed by atoms with Gasteiger partial charge in [-0.1, -0.05) is 29.3 Å². The molecule has 0 spiro atoms. The van der Waals surface area contributed by atoms with Crippen LogP contribution in [0.5, 0.6) is 0 Å².